The summed E-state index contributed by atoms with van der Waals surface area (Å²) >= 11 is 0. The molecule has 14 heavy (non-hydrogen) atoms. The quantitative estimate of drug-likeness (QED) is 0.793. The molecule has 0 amide bonds. The van der Waals surface area contributed by atoms with E-state index < -0.39 is 0 Å². The van der Waals surface area contributed by atoms with E-state index in [0.717, 1.165) is 25.3 Å². The fraction of sp³-hybridized carbons (Fsp3) is 0.636. The monoisotopic (exact) mass is 195 g/mol. The van der Waals surface area contributed by atoms with E-state index in [1.54, 1.807) is 6.26 Å². The topological polar surface area (TPSA) is 36.6 Å². The van der Waals surface area contributed by atoms with Crippen molar-refractivity contribution in [2.75, 3.05) is 13.2 Å². The van der Waals surface area contributed by atoms with Gasteiger partial charge in [-0.25, -0.2) is 0 Å². The van der Waals surface area contributed by atoms with E-state index >= 15 is 0 Å². The first-order valence-electron chi connectivity index (χ1n) is 5.27. The minimum Gasteiger partial charge on any atom is -0.468 e. The molecule has 3 heteroatoms. The van der Waals surface area contributed by atoms with Crippen LogP contribution in [-0.4, -0.2) is 29.2 Å². The summed E-state index contributed by atoms with van der Waals surface area (Å²) in [6.45, 7) is 2.31. The van der Waals surface area contributed by atoms with Crippen LogP contribution < -0.4 is 0 Å². The Morgan fingerprint density at radius 1 is 1.57 bits per heavy atom. The fourth-order valence-electron chi connectivity index (χ4n) is 2.18. The highest BCUT2D eigenvalue weighted by molar-refractivity contribution is 4.99. The Bertz CT molecular complexity index is 258. The summed E-state index contributed by atoms with van der Waals surface area (Å²) in [5.74, 6) is 1.02. The molecule has 1 N–H and O–H groups in total. The standard InChI is InChI=1S/C11H17NO2/c13-7-5-10-3-1-6-12(10)9-11-4-2-8-14-11/h2,4,8,10,13H,1,3,5-7,9H2. The Labute approximate surface area is 84.3 Å². The summed E-state index contributed by atoms with van der Waals surface area (Å²) in [6.07, 6.45) is 5.06. The molecule has 0 saturated carbocycles. The van der Waals surface area contributed by atoms with Gasteiger partial charge >= 0.3 is 0 Å². The average molecular weight is 195 g/mol. The third kappa shape index (κ3) is 2.16. The lowest BCUT2D eigenvalue weighted by Gasteiger charge is -2.22. The Balaban J connectivity index is 1.90. The van der Waals surface area contributed by atoms with Crippen LogP contribution in [0, 0.1) is 0 Å². The number of likely N-dealkylation sites (tertiary alicyclic amines) is 1. The zero-order valence-corrected chi connectivity index (χ0v) is 8.35. The first-order chi connectivity index (χ1) is 6.90. The van der Waals surface area contributed by atoms with Crippen molar-refractivity contribution < 1.29 is 9.52 Å². The lowest BCUT2D eigenvalue weighted by atomic mass is 10.1. The van der Waals surface area contributed by atoms with Crippen molar-refractivity contribution in [3.63, 3.8) is 0 Å². The summed E-state index contributed by atoms with van der Waals surface area (Å²) in [7, 11) is 0. The number of rotatable bonds is 4. The molecule has 1 aromatic heterocycles. The van der Waals surface area contributed by atoms with Crippen LogP contribution in [0.4, 0.5) is 0 Å². The van der Waals surface area contributed by atoms with E-state index in [9.17, 15) is 0 Å². The molecular weight excluding hydrogens is 178 g/mol. The van der Waals surface area contributed by atoms with Crippen LogP contribution in [0.5, 0.6) is 0 Å². The van der Waals surface area contributed by atoms with Gasteiger partial charge in [-0.3, -0.25) is 4.90 Å². The Morgan fingerprint density at radius 3 is 3.21 bits per heavy atom. The number of nitrogens with zero attached hydrogens (tertiary/aromatic N) is 1. The number of hydrogen-bond donors (Lipinski definition) is 1. The van der Waals surface area contributed by atoms with Crippen molar-refractivity contribution in [3.8, 4) is 0 Å². The van der Waals surface area contributed by atoms with Gasteiger partial charge in [0.2, 0.25) is 0 Å². The van der Waals surface area contributed by atoms with Gasteiger partial charge < -0.3 is 9.52 Å². The molecule has 0 bridgehead atoms. The van der Waals surface area contributed by atoms with E-state index in [-0.39, 0.29) is 0 Å². The molecule has 78 valence electrons. The van der Waals surface area contributed by atoms with Crippen LogP contribution in [-0.2, 0) is 6.54 Å². The molecule has 0 spiro atoms. The van der Waals surface area contributed by atoms with Gasteiger partial charge in [-0.15, -0.1) is 0 Å². The largest absolute Gasteiger partial charge is 0.468 e. The summed E-state index contributed by atoms with van der Waals surface area (Å²) in [5.41, 5.74) is 0. The van der Waals surface area contributed by atoms with Gasteiger partial charge in [0.15, 0.2) is 0 Å². The van der Waals surface area contributed by atoms with E-state index in [4.69, 9.17) is 9.52 Å². The lowest BCUT2D eigenvalue weighted by Crippen LogP contribution is -2.29. The second-order valence-corrected chi connectivity index (χ2v) is 3.86. The summed E-state index contributed by atoms with van der Waals surface area (Å²) < 4.78 is 5.32. The first kappa shape index (κ1) is 9.74. The fourth-order valence-corrected chi connectivity index (χ4v) is 2.18. The summed E-state index contributed by atoms with van der Waals surface area (Å²) in [5, 5.41) is 8.92. The molecule has 3 nitrogen and oxygen atoms in total. The normalized spacial score (nSPS) is 23.1. The zero-order chi connectivity index (χ0) is 9.80. The van der Waals surface area contributed by atoms with Gasteiger partial charge in [0, 0.05) is 12.6 Å². The van der Waals surface area contributed by atoms with E-state index in [2.05, 4.69) is 4.90 Å². The van der Waals surface area contributed by atoms with Crippen molar-refractivity contribution in [3.05, 3.63) is 24.2 Å². The SMILES string of the molecule is OCCC1CCCN1Cc1ccco1. The third-order valence-electron chi connectivity index (χ3n) is 2.90. The molecule has 0 aliphatic carbocycles. The zero-order valence-electron chi connectivity index (χ0n) is 8.35. The van der Waals surface area contributed by atoms with E-state index in [1.165, 1.54) is 12.8 Å². The molecule has 0 radical (unpaired) electrons. The minimum absolute atomic E-state index is 0.291. The van der Waals surface area contributed by atoms with E-state index in [0.29, 0.717) is 12.6 Å². The van der Waals surface area contributed by atoms with Gasteiger partial charge in [-0.2, -0.15) is 0 Å². The maximum absolute atomic E-state index is 8.92. The maximum atomic E-state index is 8.92. The van der Waals surface area contributed by atoms with Crippen molar-refractivity contribution in [2.45, 2.75) is 31.8 Å². The molecular formula is C11H17NO2. The molecule has 2 heterocycles. The van der Waals surface area contributed by atoms with E-state index in [1.807, 2.05) is 12.1 Å². The second kappa shape index (κ2) is 4.62. The van der Waals surface area contributed by atoms with Gasteiger partial charge in [0.05, 0.1) is 12.8 Å². The third-order valence-corrected chi connectivity index (χ3v) is 2.90. The number of aliphatic hydroxyl groups excluding tert-OH is 1. The molecule has 1 aliphatic rings. The van der Waals surface area contributed by atoms with Crippen LogP contribution in [0.1, 0.15) is 25.0 Å². The van der Waals surface area contributed by atoms with Crippen LogP contribution in [0.3, 0.4) is 0 Å². The summed E-state index contributed by atoms with van der Waals surface area (Å²) in [6, 6.07) is 4.48. The van der Waals surface area contributed by atoms with Crippen LogP contribution in [0.15, 0.2) is 22.8 Å². The predicted octanol–water partition coefficient (Wildman–Crippen LogP) is 1.63. The van der Waals surface area contributed by atoms with Crippen LogP contribution in [0.2, 0.25) is 0 Å². The molecule has 1 saturated heterocycles. The van der Waals surface area contributed by atoms with Crippen LogP contribution in [0.25, 0.3) is 0 Å². The number of aliphatic hydroxyl groups is 1. The smallest absolute Gasteiger partial charge is 0.117 e. The van der Waals surface area contributed by atoms with Crippen molar-refractivity contribution >= 4 is 0 Å². The van der Waals surface area contributed by atoms with Crippen LogP contribution >= 0.6 is 0 Å². The highest BCUT2D eigenvalue weighted by atomic mass is 16.3. The second-order valence-electron chi connectivity index (χ2n) is 3.86. The first-order valence-corrected chi connectivity index (χ1v) is 5.27. The Morgan fingerprint density at radius 2 is 2.50 bits per heavy atom. The lowest BCUT2D eigenvalue weighted by molar-refractivity contribution is 0.180. The number of hydrogen-bond acceptors (Lipinski definition) is 3. The molecule has 1 aliphatic heterocycles. The van der Waals surface area contributed by atoms with Gasteiger partial charge in [-0.05, 0) is 37.9 Å². The van der Waals surface area contributed by atoms with Gasteiger partial charge in [-0.1, -0.05) is 0 Å². The maximum Gasteiger partial charge on any atom is 0.117 e. The van der Waals surface area contributed by atoms with Gasteiger partial charge in [0.1, 0.15) is 5.76 Å². The van der Waals surface area contributed by atoms with Crippen molar-refractivity contribution in [2.24, 2.45) is 0 Å². The molecule has 1 aromatic rings. The Hall–Kier alpha value is -0.800. The molecule has 2 rings (SSSR count). The van der Waals surface area contributed by atoms with Crippen molar-refractivity contribution in [1.82, 2.24) is 4.90 Å². The predicted molar refractivity (Wildman–Crippen MR) is 53.8 cm³/mol. The highest BCUT2D eigenvalue weighted by Gasteiger charge is 2.24. The Kier molecular flexibility index (Phi) is 3.22. The minimum atomic E-state index is 0.291. The van der Waals surface area contributed by atoms with Gasteiger partial charge in [0.25, 0.3) is 0 Å². The molecule has 1 atom stereocenters. The molecule has 0 aromatic carbocycles. The number of furan rings is 1. The molecule has 1 unspecified atom stereocenters. The summed E-state index contributed by atoms with van der Waals surface area (Å²) in [4.78, 5) is 2.40. The molecule has 1 fully saturated rings. The van der Waals surface area contributed by atoms with Crippen molar-refractivity contribution in [1.29, 1.82) is 0 Å². The highest BCUT2D eigenvalue weighted by Crippen LogP contribution is 2.22. The average Bonchev–Trinajstić information content (AvgIpc) is 2.80.